The molecule has 13 heteroatoms. The van der Waals surface area contributed by atoms with Crippen LogP contribution in [0.15, 0.2) is 97.2 Å². The van der Waals surface area contributed by atoms with E-state index in [1.54, 1.807) is 6.08 Å². The number of ether oxygens (including phenoxy) is 2. The van der Waals surface area contributed by atoms with Gasteiger partial charge >= 0.3 is 25.7 Å². The van der Waals surface area contributed by atoms with Crippen molar-refractivity contribution in [3.05, 3.63) is 97.2 Å². The fourth-order valence-corrected chi connectivity index (χ4v) is 6.07. The van der Waals surface area contributed by atoms with E-state index in [1.165, 1.54) is 38.5 Å². The summed E-state index contributed by atoms with van der Waals surface area (Å²) in [4.78, 5) is 46.0. The van der Waals surface area contributed by atoms with Gasteiger partial charge < -0.3 is 30.3 Å². The summed E-state index contributed by atoms with van der Waals surface area (Å²) < 4.78 is 32.6. The standard InChI is InChI=1S/C48H78NO11P/c1-3-5-7-9-11-12-13-14-15-16-17-18-19-20-21-22-26-30-34-38-46(51)57-40-44(41-58-61(55,56)59-42-45(49)48(53)54)60-47(52)39-35-31-27-23-25-29-33-37-43(50)36-32-28-24-10-8-6-4-2/h11-12,14-15,17-18,20-21,23-24,27-29,32-33,36,43-45,50H,3-10,13,16,19,22,25-26,30-31,34-35,37-42,49H2,1-2H3,(H,53,54)(H,55,56)/b12-11-,15-14-,18-17-,21-20-,27-23+,28-24-,33-29-,36-32-/t43-,44+,45-/m0/s1. The lowest BCUT2D eigenvalue weighted by atomic mass is 10.1. The van der Waals surface area contributed by atoms with Gasteiger partial charge in [-0.05, 0) is 89.9 Å². The molecule has 0 aliphatic heterocycles. The molecule has 0 aliphatic carbocycles. The Morgan fingerprint density at radius 1 is 0.590 bits per heavy atom. The van der Waals surface area contributed by atoms with Gasteiger partial charge in [0.15, 0.2) is 6.10 Å². The van der Waals surface area contributed by atoms with E-state index in [1.807, 2.05) is 36.5 Å². The summed E-state index contributed by atoms with van der Waals surface area (Å²) in [5.41, 5.74) is 5.32. The van der Waals surface area contributed by atoms with Gasteiger partial charge in [0.25, 0.3) is 0 Å². The van der Waals surface area contributed by atoms with Crippen LogP contribution < -0.4 is 5.73 Å². The normalized spacial score (nSPS) is 15.1. The smallest absolute Gasteiger partial charge is 0.472 e. The van der Waals surface area contributed by atoms with Crippen LogP contribution in [0.1, 0.15) is 149 Å². The third kappa shape index (κ3) is 41.5. The fraction of sp³-hybridized carbons (Fsp3) is 0.604. The Morgan fingerprint density at radius 2 is 1.08 bits per heavy atom. The van der Waals surface area contributed by atoms with Crippen molar-refractivity contribution in [2.75, 3.05) is 19.8 Å². The summed E-state index contributed by atoms with van der Waals surface area (Å²) >= 11 is 0. The van der Waals surface area contributed by atoms with Crippen molar-refractivity contribution >= 4 is 25.7 Å². The molecule has 0 amide bonds. The van der Waals surface area contributed by atoms with Crippen molar-refractivity contribution in [2.24, 2.45) is 5.73 Å². The number of esters is 2. The van der Waals surface area contributed by atoms with Crippen LogP contribution in [0, 0.1) is 0 Å². The predicted molar refractivity (Wildman–Crippen MR) is 246 cm³/mol. The van der Waals surface area contributed by atoms with Crippen LogP contribution in [0.4, 0.5) is 0 Å². The van der Waals surface area contributed by atoms with Crippen LogP contribution in [-0.2, 0) is 37.5 Å². The molecule has 0 aromatic heterocycles. The molecule has 0 saturated carbocycles. The fourth-order valence-electron chi connectivity index (χ4n) is 5.30. The SMILES string of the molecule is CCCCC/C=C\C=C/[C@H](O)C/C=C\C/C=C/CCCC(=O)O[C@H](COC(=O)CCCCC/C=C\C/C=C\C/C=C\C/C=C\CCCCC)COP(=O)(O)OC[C@H](N)C(=O)O. The van der Waals surface area contributed by atoms with E-state index < -0.39 is 63.8 Å². The zero-order chi connectivity index (χ0) is 45.1. The highest BCUT2D eigenvalue weighted by Gasteiger charge is 2.28. The van der Waals surface area contributed by atoms with E-state index in [0.717, 1.165) is 51.4 Å². The Morgan fingerprint density at radius 3 is 1.66 bits per heavy atom. The summed E-state index contributed by atoms with van der Waals surface area (Å²) in [7, 11) is -4.76. The lowest BCUT2D eigenvalue weighted by molar-refractivity contribution is -0.161. The van der Waals surface area contributed by atoms with Gasteiger partial charge in [-0.2, -0.15) is 0 Å². The van der Waals surface area contributed by atoms with Crippen LogP contribution in [0.5, 0.6) is 0 Å². The van der Waals surface area contributed by atoms with Crippen LogP contribution in [0.2, 0.25) is 0 Å². The molecule has 0 radical (unpaired) electrons. The summed E-state index contributed by atoms with van der Waals surface area (Å²) in [6, 6.07) is -1.55. The number of phosphoric ester groups is 1. The largest absolute Gasteiger partial charge is 0.480 e. The number of aliphatic hydroxyl groups is 1. The predicted octanol–water partition coefficient (Wildman–Crippen LogP) is 11.0. The highest BCUT2D eigenvalue weighted by Crippen LogP contribution is 2.43. The Kier molecular flexibility index (Phi) is 39.2. The first-order valence-electron chi connectivity index (χ1n) is 22.4. The number of rotatable bonds is 40. The minimum absolute atomic E-state index is 0.0381. The summed E-state index contributed by atoms with van der Waals surface area (Å²) in [6.45, 7) is 2.55. The Balaban J connectivity index is 4.58. The molecule has 0 spiro atoms. The number of unbranched alkanes of at least 4 members (excludes halogenated alkanes) is 10. The molecule has 0 bridgehead atoms. The van der Waals surface area contributed by atoms with Crippen LogP contribution in [0.3, 0.4) is 0 Å². The van der Waals surface area contributed by atoms with Gasteiger partial charge in [-0.3, -0.25) is 23.4 Å². The molecule has 1 unspecified atom stereocenters. The maximum Gasteiger partial charge on any atom is 0.472 e. The van der Waals surface area contributed by atoms with Crippen LogP contribution in [0.25, 0.3) is 0 Å². The Labute approximate surface area is 367 Å². The van der Waals surface area contributed by atoms with E-state index in [4.69, 9.17) is 24.8 Å². The van der Waals surface area contributed by atoms with Gasteiger partial charge in [-0.15, -0.1) is 0 Å². The van der Waals surface area contributed by atoms with E-state index in [9.17, 15) is 28.9 Å². The molecule has 0 aromatic carbocycles. The van der Waals surface area contributed by atoms with Crippen molar-refractivity contribution in [2.45, 2.75) is 167 Å². The third-order valence-electron chi connectivity index (χ3n) is 8.89. The van der Waals surface area contributed by atoms with Crippen molar-refractivity contribution < 1.29 is 52.6 Å². The maximum atomic E-state index is 12.6. The second-order valence-corrected chi connectivity index (χ2v) is 16.1. The first kappa shape index (κ1) is 57.4. The monoisotopic (exact) mass is 876 g/mol. The topological polar surface area (TPSA) is 192 Å². The van der Waals surface area contributed by atoms with Gasteiger partial charge in [0, 0.05) is 12.8 Å². The van der Waals surface area contributed by atoms with Crippen molar-refractivity contribution in [3.63, 3.8) is 0 Å². The van der Waals surface area contributed by atoms with Gasteiger partial charge in [-0.25, -0.2) is 4.57 Å². The number of allylic oxidation sites excluding steroid dienone is 14. The molecule has 0 fully saturated rings. The number of carbonyl (C=O) groups is 3. The van der Waals surface area contributed by atoms with E-state index in [-0.39, 0.29) is 12.8 Å². The van der Waals surface area contributed by atoms with Gasteiger partial charge in [0.2, 0.25) is 0 Å². The number of nitrogens with two attached hydrogens (primary N) is 1. The van der Waals surface area contributed by atoms with Gasteiger partial charge in [-0.1, -0.05) is 143 Å². The summed E-state index contributed by atoms with van der Waals surface area (Å²) in [5, 5.41) is 19.0. The quantitative estimate of drug-likeness (QED) is 0.0150. The zero-order valence-electron chi connectivity index (χ0n) is 37.1. The van der Waals surface area contributed by atoms with E-state index in [2.05, 4.69) is 73.1 Å². The van der Waals surface area contributed by atoms with Crippen LogP contribution in [-0.4, -0.2) is 71.1 Å². The highest BCUT2D eigenvalue weighted by atomic mass is 31.2. The average molecular weight is 876 g/mol. The van der Waals surface area contributed by atoms with E-state index in [0.29, 0.717) is 32.1 Å². The molecular formula is C48H78NO11P. The second kappa shape index (κ2) is 41.7. The van der Waals surface area contributed by atoms with Gasteiger partial charge in [0.1, 0.15) is 12.6 Å². The lowest BCUT2D eigenvalue weighted by Gasteiger charge is -2.20. The lowest BCUT2D eigenvalue weighted by Crippen LogP contribution is -2.34. The molecular weight excluding hydrogens is 797 g/mol. The third-order valence-corrected chi connectivity index (χ3v) is 9.84. The zero-order valence-corrected chi connectivity index (χ0v) is 38.0. The molecule has 0 aromatic rings. The first-order valence-corrected chi connectivity index (χ1v) is 23.9. The Bertz CT molecular complexity index is 1420. The molecule has 0 saturated heterocycles. The van der Waals surface area contributed by atoms with Crippen molar-refractivity contribution in [1.29, 1.82) is 0 Å². The molecule has 12 nitrogen and oxygen atoms in total. The molecule has 61 heavy (non-hydrogen) atoms. The maximum absolute atomic E-state index is 12.6. The van der Waals surface area contributed by atoms with Crippen molar-refractivity contribution in [1.82, 2.24) is 0 Å². The van der Waals surface area contributed by atoms with Crippen molar-refractivity contribution in [3.8, 4) is 0 Å². The Hall–Kier alpha value is -3.64. The molecule has 0 heterocycles. The highest BCUT2D eigenvalue weighted by molar-refractivity contribution is 7.47. The number of hydrogen-bond donors (Lipinski definition) is 4. The molecule has 4 atom stereocenters. The van der Waals surface area contributed by atoms with Crippen LogP contribution >= 0.6 is 7.82 Å². The second-order valence-electron chi connectivity index (χ2n) is 14.7. The molecule has 0 rings (SSSR count). The number of aliphatic hydroxyl groups excluding tert-OH is 1. The number of phosphoric acid groups is 1. The minimum Gasteiger partial charge on any atom is -0.480 e. The summed E-state index contributed by atoms with van der Waals surface area (Å²) in [6.07, 6.45) is 49.3. The number of carboxylic acids is 1. The number of carbonyl (C=O) groups excluding carboxylic acids is 2. The summed E-state index contributed by atoms with van der Waals surface area (Å²) in [5.74, 6) is -2.56. The number of carboxylic acid groups (broad SMARTS) is 1. The van der Waals surface area contributed by atoms with E-state index >= 15 is 0 Å². The molecule has 5 N–H and O–H groups in total. The minimum atomic E-state index is -4.76. The molecule has 346 valence electrons. The van der Waals surface area contributed by atoms with Gasteiger partial charge in [0.05, 0.1) is 19.3 Å². The number of hydrogen-bond acceptors (Lipinski definition) is 10. The molecule has 0 aliphatic rings. The first-order chi connectivity index (χ1) is 29.5. The average Bonchev–Trinajstić information content (AvgIpc) is 3.23. The number of aliphatic carboxylic acids is 1.